The molecule has 14 heavy (non-hydrogen) atoms. The van der Waals surface area contributed by atoms with E-state index in [1.165, 1.54) is 11.3 Å². The first kappa shape index (κ1) is 9.43. The van der Waals surface area contributed by atoms with Crippen LogP contribution >= 0.6 is 22.9 Å². The highest BCUT2D eigenvalue weighted by atomic mass is 35.5. The number of nitro groups is 1. The molecule has 0 amide bonds. The molecule has 1 aromatic heterocycles. The molecule has 0 aliphatic rings. The van der Waals surface area contributed by atoms with Gasteiger partial charge in [-0.2, -0.15) is 0 Å². The van der Waals surface area contributed by atoms with Crippen molar-refractivity contribution in [3.05, 3.63) is 38.2 Å². The first-order valence-corrected chi connectivity index (χ1v) is 5.12. The van der Waals surface area contributed by atoms with Gasteiger partial charge in [-0.15, -0.1) is 11.3 Å². The molecule has 2 aromatic rings. The Kier molecular flexibility index (Phi) is 2.17. The van der Waals surface area contributed by atoms with Crippen molar-refractivity contribution in [1.29, 1.82) is 0 Å². The molecule has 0 bridgehead atoms. The normalized spacial score (nSPS) is 10.7. The number of benzene rings is 1. The fourth-order valence-electron chi connectivity index (χ4n) is 1.44. The summed E-state index contributed by atoms with van der Waals surface area (Å²) in [6.07, 6.45) is 0. The van der Waals surface area contributed by atoms with Gasteiger partial charge in [0, 0.05) is 4.70 Å². The van der Waals surface area contributed by atoms with Crippen molar-refractivity contribution in [1.82, 2.24) is 0 Å². The van der Waals surface area contributed by atoms with Gasteiger partial charge < -0.3 is 0 Å². The monoisotopic (exact) mass is 227 g/mol. The molecule has 0 saturated carbocycles. The van der Waals surface area contributed by atoms with Crippen LogP contribution in [-0.4, -0.2) is 4.92 Å². The standard InChI is InChI=1S/C9H6ClNO2S/c1-5-3-2-4-6-7(5)8(11(12)13)9(10)14-6/h2-4H,1H3. The summed E-state index contributed by atoms with van der Waals surface area (Å²) in [5, 5.41) is 11.4. The molecular weight excluding hydrogens is 222 g/mol. The van der Waals surface area contributed by atoms with Crippen molar-refractivity contribution in [2.45, 2.75) is 6.92 Å². The second-order valence-electron chi connectivity index (χ2n) is 2.93. The molecule has 2 rings (SSSR count). The van der Waals surface area contributed by atoms with Crippen molar-refractivity contribution in [2.24, 2.45) is 0 Å². The zero-order valence-corrected chi connectivity index (χ0v) is 8.85. The summed E-state index contributed by atoms with van der Waals surface area (Å²) in [4.78, 5) is 10.4. The van der Waals surface area contributed by atoms with Gasteiger partial charge in [-0.05, 0) is 18.6 Å². The number of hydrogen-bond acceptors (Lipinski definition) is 3. The van der Waals surface area contributed by atoms with Crippen LogP contribution in [0, 0.1) is 17.0 Å². The molecule has 0 saturated heterocycles. The summed E-state index contributed by atoms with van der Waals surface area (Å²) in [6, 6.07) is 5.55. The molecule has 5 heteroatoms. The second-order valence-corrected chi connectivity index (χ2v) is 4.58. The molecule has 0 N–H and O–H groups in total. The number of hydrogen-bond donors (Lipinski definition) is 0. The lowest BCUT2D eigenvalue weighted by molar-refractivity contribution is -0.382. The zero-order valence-electron chi connectivity index (χ0n) is 7.28. The predicted octanol–water partition coefficient (Wildman–Crippen LogP) is 3.77. The highest BCUT2D eigenvalue weighted by molar-refractivity contribution is 7.23. The molecule has 72 valence electrons. The van der Waals surface area contributed by atoms with Gasteiger partial charge in [0.05, 0.1) is 10.3 Å². The van der Waals surface area contributed by atoms with Gasteiger partial charge in [0.2, 0.25) is 0 Å². The molecule has 1 aromatic carbocycles. The van der Waals surface area contributed by atoms with Crippen LogP contribution in [0.2, 0.25) is 4.34 Å². The van der Waals surface area contributed by atoms with Gasteiger partial charge in [-0.1, -0.05) is 23.7 Å². The number of nitrogens with zero attached hydrogens (tertiary/aromatic N) is 1. The maximum absolute atomic E-state index is 10.8. The van der Waals surface area contributed by atoms with Crippen LogP contribution in [0.15, 0.2) is 18.2 Å². The summed E-state index contributed by atoms with van der Waals surface area (Å²) in [5.74, 6) is 0. The number of thiophene rings is 1. The minimum atomic E-state index is -0.422. The van der Waals surface area contributed by atoms with Crippen molar-refractivity contribution in [3.8, 4) is 0 Å². The highest BCUT2D eigenvalue weighted by Gasteiger charge is 2.21. The summed E-state index contributed by atoms with van der Waals surface area (Å²) in [6.45, 7) is 1.85. The van der Waals surface area contributed by atoms with Gasteiger partial charge in [0.1, 0.15) is 0 Å². The van der Waals surface area contributed by atoms with Crippen LogP contribution in [-0.2, 0) is 0 Å². The van der Waals surface area contributed by atoms with Crippen LogP contribution < -0.4 is 0 Å². The first-order valence-electron chi connectivity index (χ1n) is 3.93. The third kappa shape index (κ3) is 1.27. The van der Waals surface area contributed by atoms with E-state index < -0.39 is 4.92 Å². The van der Waals surface area contributed by atoms with E-state index in [-0.39, 0.29) is 10.0 Å². The molecule has 0 spiro atoms. The molecular formula is C9H6ClNO2S. The Morgan fingerprint density at radius 1 is 1.50 bits per heavy atom. The quantitative estimate of drug-likeness (QED) is 0.550. The second kappa shape index (κ2) is 3.22. The molecule has 0 aliphatic carbocycles. The van der Waals surface area contributed by atoms with Crippen LogP contribution in [0.25, 0.3) is 10.1 Å². The Labute approximate surface area is 89.1 Å². The van der Waals surface area contributed by atoms with Crippen LogP contribution in [0.5, 0.6) is 0 Å². The van der Waals surface area contributed by atoms with Crippen molar-refractivity contribution in [2.75, 3.05) is 0 Å². The lowest BCUT2D eigenvalue weighted by Gasteiger charge is -1.94. The number of rotatable bonds is 1. The van der Waals surface area contributed by atoms with Crippen molar-refractivity contribution in [3.63, 3.8) is 0 Å². The SMILES string of the molecule is Cc1cccc2sc(Cl)c([N+](=O)[O-])c12. The fraction of sp³-hybridized carbons (Fsp3) is 0.111. The first-order chi connectivity index (χ1) is 6.61. The van der Waals surface area contributed by atoms with E-state index in [4.69, 9.17) is 11.6 Å². The van der Waals surface area contributed by atoms with E-state index >= 15 is 0 Å². The van der Waals surface area contributed by atoms with Gasteiger partial charge >= 0.3 is 5.69 Å². The van der Waals surface area contributed by atoms with E-state index in [2.05, 4.69) is 0 Å². The third-order valence-corrected chi connectivity index (χ3v) is 3.38. The topological polar surface area (TPSA) is 43.1 Å². The maximum atomic E-state index is 10.8. The van der Waals surface area contributed by atoms with Gasteiger partial charge in [-0.25, -0.2) is 0 Å². The molecule has 0 aliphatic heterocycles. The molecule has 0 fully saturated rings. The summed E-state index contributed by atoms with van der Waals surface area (Å²) in [5.41, 5.74) is 0.919. The van der Waals surface area contributed by atoms with Gasteiger partial charge in [0.25, 0.3) is 0 Å². The smallest absolute Gasteiger partial charge is 0.258 e. The maximum Gasteiger partial charge on any atom is 0.306 e. The van der Waals surface area contributed by atoms with E-state index in [1.54, 1.807) is 0 Å². The Hall–Kier alpha value is -1.13. The van der Waals surface area contributed by atoms with E-state index in [9.17, 15) is 10.1 Å². The largest absolute Gasteiger partial charge is 0.306 e. The van der Waals surface area contributed by atoms with E-state index in [0.717, 1.165) is 10.3 Å². The number of fused-ring (bicyclic) bond motifs is 1. The molecule has 3 nitrogen and oxygen atoms in total. The van der Waals surface area contributed by atoms with Crippen LogP contribution in [0.4, 0.5) is 5.69 Å². The lowest BCUT2D eigenvalue weighted by Crippen LogP contribution is -1.87. The lowest BCUT2D eigenvalue weighted by atomic mass is 10.1. The molecule has 0 atom stereocenters. The van der Waals surface area contributed by atoms with Crippen molar-refractivity contribution < 1.29 is 4.92 Å². The number of halogens is 1. The van der Waals surface area contributed by atoms with E-state index in [0.29, 0.717) is 5.39 Å². The molecule has 0 radical (unpaired) electrons. The van der Waals surface area contributed by atoms with Gasteiger partial charge in [0.15, 0.2) is 4.34 Å². The summed E-state index contributed by atoms with van der Waals surface area (Å²) in [7, 11) is 0. The Bertz CT molecular complexity index is 521. The Morgan fingerprint density at radius 2 is 2.21 bits per heavy atom. The van der Waals surface area contributed by atoms with Crippen molar-refractivity contribution >= 4 is 38.7 Å². The highest BCUT2D eigenvalue weighted by Crippen LogP contribution is 2.42. The molecule has 1 heterocycles. The van der Waals surface area contributed by atoms with E-state index in [1.807, 2.05) is 25.1 Å². The summed E-state index contributed by atoms with van der Waals surface area (Å²) < 4.78 is 1.11. The zero-order chi connectivity index (χ0) is 10.3. The van der Waals surface area contributed by atoms with Crippen LogP contribution in [0.1, 0.15) is 5.56 Å². The molecule has 0 unspecified atom stereocenters. The average molecular weight is 228 g/mol. The van der Waals surface area contributed by atoms with Gasteiger partial charge in [-0.3, -0.25) is 10.1 Å². The predicted molar refractivity (Wildman–Crippen MR) is 58.2 cm³/mol. The van der Waals surface area contributed by atoms with Crippen LogP contribution in [0.3, 0.4) is 0 Å². The third-order valence-electron chi connectivity index (χ3n) is 2.04. The summed E-state index contributed by atoms with van der Waals surface area (Å²) >= 11 is 7.06. The minimum absolute atomic E-state index is 0.0322. The fourth-order valence-corrected chi connectivity index (χ4v) is 2.82. The minimum Gasteiger partial charge on any atom is -0.258 e. The number of aryl methyl sites for hydroxylation is 1. The Balaban J connectivity index is 2.93. The average Bonchev–Trinajstić information content (AvgIpc) is 2.42. The Morgan fingerprint density at radius 3 is 2.86 bits per heavy atom.